The van der Waals surface area contributed by atoms with Crippen molar-refractivity contribution in [3.8, 4) is 0 Å². The molecule has 36 heavy (non-hydrogen) atoms. The molecule has 1 aromatic heterocycles. The van der Waals surface area contributed by atoms with Crippen molar-refractivity contribution >= 4 is 63.4 Å². The Hall–Kier alpha value is -2.76. The lowest BCUT2D eigenvalue weighted by molar-refractivity contribution is -0.130. The zero-order chi connectivity index (χ0) is 25.7. The number of rotatable bonds is 5. The maximum atomic E-state index is 12.8. The van der Waals surface area contributed by atoms with E-state index in [1.807, 2.05) is 17.0 Å². The van der Waals surface area contributed by atoms with E-state index >= 15 is 0 Å². The van der Waals surface area contributed by atoms with E-state index < -0.39 is 0 Å². The minimum atomic E-state index is -0.360. The first-order valence-corrected chi connectivity index (χ1v) is 13.4. The lowest BCUT2D eigenvalue weighted by Gasteiger charge is -2.36. The summed E-state index contributed by atoms with van der Waals surface area (Å²) in [4.78, 5) is 48.8. The van der Waals surface area contributed by atoms with Crippen LogP contribution >= 0.6 is 34.5 Å². The van der Waals surface area contributed by atoms with Crippen LogP contribution in [-0.2, 0) is 16.0 Å². The number of halogens is 2. The summed E-state index contributed by atoms with van der Waals surface area (Å²) in [7, 11) is 0. The maximum absolute atomic E-state index is 12.8. The van der Waals surface area contributed by atoms with E-state index in [9.17, 15) is 14.4 Å². The van der Waals surface area contributed by atoms with Crippen LogP contribution in [0.4, 0.5) is 20.4 Å². The fraction of sp³-hybridized carbons (Fsp3) is 0.478. The summed E-state index contributed by atoms with van der Waals surface area (Å²) >= 11 is 13.8. The van der Waals surface area contributed by atoms with Gasteiger partial charge in [-0.25, -0.2) is 14.6 Å². The molecule has 0 unspecified atom stereocenters. The maximum Gasteiger partial charge on any atom is 0.409 e. The summed E-state index contributed by atoms with van der Waals surface area (Å²) in [5.74, 6) is -0.00916. The predicted octanol–water partition coefficient (Wildman–Crippen LogP) is 3.65. The summed E-state index contributed by atoms with van der Waals surface area (Å²) < 4.78 is 5.00. The number of benzene rings is 1. The molecule has 0 spiro atoms. The van der Waals surface area contributed by atoms with Crippen LogP contribution in [0.3, 0.4) is 0 Å². The first kappa shape index (κ1) is 26.3. The summed E-state index contributed by atoms with van der Waals surface area (Å²) in [5.41, 5.74) is 1.49. The highest BCUT2D eigenvalue weighted by Crippen LogP contribution is 2.33. The molecule has 2 fully saturated rings. The number of carbonyl (C=O) groups excluding carboxylic acids is 3. The average Bonchev–Trinajstić information content (AvgIpc) is 3.32. The van der Waals surface area contributed by atoms with E-state index in [2.05, 4.69) is 15.2 Å². The molecular weight excluding hydrogens is 527 g/mol. The highest BCUT2D eigenvalue weighted by Gasteiger charge is 2.26. The number of aromatic nitrogens is 1. The molecule has 3 heterocycles. The zero-order valence-electron chi connectivity index (χ0n) is 19.9. The van der Waals surface area contributed by atoms with Gasteiger partial charge in [0.05, 0.1) is 34.5 Å². The second-order valence-corrected chi connectivity index (χ2v) is 10.0. The number of hydrogen-bond acceptors (Lipinski definition) is 7. The molecule has 0 bridgehead atoms. The third kappa shape index (κ3) is 6.32. The van der Waals surface area contributed by atoms with Crippen LogP contribution in [0.25, 0.3) is 0 Å². The Balaban J connectivity index is 1.23. The van der Waals surface area contributed by atoms with E-state index in [-0.39, 0.29) is 24.5 Å². The molecule has 1 aromatic carbocycles. The molecule has 2 aliphatic rings. The van der Waals surface area contributed by atoms with Gasteiger partial charge in [0, 0.05) is 57.7 Å². The Morgan fingerprint density at radius 1 is 1.00 bits per heavy atom. The fourth-order valence-electron chi connectivity index (χ4n) is 4.12. The molecule has 10 nitrogen and oxygen atoms in total. The fourth-order valence-corrected chi connectivity index (χ4v) is 5.24. The molecule has 4 rings (SSSR count). The summed E-state index contributed by atoms with van der Waals surface area (Å²) in [6.07, 6.45) is -0.191. The monoisotopic (exact) mass is 554 g/mol. The Kier molecular flexibility index (Phi) is 8.76. The largest absolute Gasteiger partial charge is 0.450 e. The number of ether oxygens (including phenoxy) is 1. The van der Waals surface area contributed by atoms with Gasteiger partial charge in [-0.2, -0.15) is 0 Å². The lowest BCUT2D eigenvalue weighted by atomic mass is 10.2. The highest BCUT2D eigenvalue weighted by molar-refractivity contribution is 7.13. The van der Waals surface area contributed by atoms with Crippen molar-refractivity contribution in [2.24, 2.45) is 0 Å². The van der Waals surface area contributed by atoms with E-state index in [0.717, 1.165) is 5.69 Å². The normalized spacial score (nSPS) is 16.2. The number of hydrogen-bond donors (Lipinski definition) is 1. The van der Waals surface area contributed by atoms with Gasteiger partial charge in [0.15, 0.2) is 5.13 Å². The Morgan fingerprint density at radius 2 is 1.67 bits per heavy atom. The van der Waals surface area contributed by atoms with Crippen molar-refractivity contribution in [2.45, 2.75) is 13.3 Å². The number of nitrogens with one attached hydrogen (secondary N) is 1. The van der Waals surface area contributed by atoms with Crippen molar-refractivity contribution in [1.29, 1.82) is 0 Å². The smallest absolute Gasteiger partial charge is 0.409 e. The molecule has 0 aliphatic carbocycles. The molecule has 0 atom stereocenters. The number of carbonyl (C=O) groups is 3. The van der Waals surface area contributed by atoms with Gasteiger partial charge in [-0.15, -0.1) is 11.3 Å². The molecule has 13 heteroatoms. The molecule has 2 aromatic rings. The number of nitrogens with zero attached hydrogens (tertiary/aromatic N) is 5. The summed E-state index contributed by atoms with van der Waals surface area (Å²) in [6, 6.07) is 5.27. The van der Waals surface area contributed by atoms with Gasteiger partial charge < -0.3 is 24.3 Å². The van der Waals surface area contributed by atoms with Crippen molar-refractivity contribution in [3.05, 3.63) is 39.3 Å². The average molecular weight is 555 g/mol. The predicted molar refractivity (Wildman–Crippen MR) is 140 cm³/mol. The highest BCUT2D eigenvalue weighted by atomic mass is 35.5. The zero-order valence-corrected chi connectivity index (χ0v) is 22.2. The van der Waals surface area contributed by atoms with E-state index in [1.54, 1.807) is 28.2 Å². The second-order valence-electron chi connectivity index (χ2n) is 8.36. The van der Waals surface area contributed by atoms with E-state index in [1.165, 1.54) is 11.3 Å². The third-order valence-corrected chi connectivity index (χ3v) is 7.71. The molecular formula is C23H28Cl2N6O4S. The quantitative estimate of drug-likeness (QED) is 0.605. The van der Waals surface area contributed by atoms with Gasteiger partial charge in [-0.05, 0) is 19.1 Å². The van der Waals surface area contributed by atoms with E-state index in [0.29, 0.717) is 79.8 Å². The van der Waals surface area contributed by atoms with Gasteiger partial charge in [-0.1, -0.05) is 29.3 Å². The molecule has 0 saturated carbocycles. The summed E-state index contributed by atoms with van der Waals surface area (Å²) in [6.45, 7) is 6.21. The van der Waals surface area contributed by atoms with Crippen LogP contribution < -0.4 is 10.2 Å². The van der Waals surface area contributed by atoms with Gasteiger partial charge in [0.2, 0.25) is 5.91 Å². The van der Waals surface area contributed by atoms with Gasteiger partial charge >= 0.3 is 12.1 Å². The minimum absolute atomic E-state index is 0.00916. The molecule has 2 aliphatic heterocycles. The van der Waals surface area contributed by atoms with Crippen LogP contribution in [0.5, 0.6) is 0 Å². The van der Waals surface area contributed by atoms with Crippen LogP contribution in [0.15, 0.2) is 23.6 Å². The number of amides is 4. The van der Waals surface area contributed by atoms with Crippen LogP contribution in [0.2, 0.25) is 10.0 Å². The van der Waals surface area contributed by atoms with Crippen LogP contribution in [-0.4, -0.2) is 96.7 Å². The Labute approximate surface area is 223 Å². The van der Waals surface area contributed by atoms with E-state index in [4.69, 9.17) is 27.9 Å². The van der Waals surface area contributed by atoms with Gasteiger partial charge in [0.25, 0.3) is 0 Å². The van der Waals surface area contributed by atoms with Crippen molar-refractivity contribution in [2.75, 3.05) is 69.2 Å². The first-order chi connectivity index (χ1) is 17.4. The van der Waals surface area contributed by atoms with Crippen molar-refractivity contribution in [3.63, 3.8) is 0 Å². The van der Waals surface area contributed by atoms with Crippen molar-refractivity contribution < 1.29 is 19.1 Å². The topological polar surface area (TPSA) is 98.3 Å². The number of thiazole rings is 1. The first-order valence-electron chi connectivity index (χ1n) is 11.7. The number of piperazine rings is 2. The molecule has 2 saturated heterocycles. The number of urea groups is 1. The lowest BCUT2D eigenvalue weighted by Crippen LogP contribution is -2.51. The van der Waals surface area contributed by atoms with Crippen LogP contribution in [0.1, 0.15) is 12.6 Å². The second kappa shape index (κ2) is 12.0. The van der Waals surface area contributed by atoms with Crippen molar-refractivity contribution in [1.82, 2.24) is 19.7 Å². The van der Waals surface area contributed by atoms with Gasteiger partial charge in [-0.3, -0.25) is 10.1 Å². The standard InChI is InChI=1S/C23H28Cl2N6O4S/c1-2-35-23(34)31-12-10-30(11-13-31)22(33)27-21-26-16(15-36-21)14-19(32)29-8-6-28(7-9-29)18-5-3-4-17(24)20(18)25/h3-5,15H,2,6-14H2,1H3,(H,26,27,33). The minimum Gasteiger partial charge on any atom is -0.450 e. The molecule has 1 N–H and O–H groups in total. The molecule has 194 valence electrons. The Morgan fingerprint density at radius 3 is 2.36 bits per heavy atom. The van der Waals surface area contributed by atoms with Gasteiger partial charge in [0.1, 0.15) is 0 Å². The summed E-state index contributed by atoms with van der Waals surface area (Å²) in [5, 5.41) is 6.06. The SMILES string of the molecule is CCOC(=O)N1CCN(C(=O)Nc2nc(CC(=O)N3CCN(c4cccc(Cl)c4Cl)CC3)cs2)CC1. The van der Waals surface area contributed by atoms with Crippen LogP contribution in [0, 0.1) is 0 Å². The molecule has 4 amide bonds. The number of anilines is 2. The molecule has 0 radical (unpaired) electrons. The Bertz CT molecular complexity index is 1100. The third-order valence-electron chi connectivity index (χ3n) is 6.10.